The molecule has 5 aliphatic carbocycles. The highest BCUT2D eigenvalue weighted by molar-refractivity contribution is 5.89. The zero-order chi connectivity index (χ0) is 39.4. The molecule has 1 saturated heterocycles. The van der Waals surface area contributed by atoms with Crippen LogP contribution in [0.2, 0.25) is 0 Å². The van der Waals surface area contributed by atoms with Crippen molar-refractivity contribution < 1.29 is 54.4 Å². The van der Waals surface area contributed by atoms with Crippen molar-refractivity contribution in [1.29, 1.82) is 0 Å². The first-order valence-electron chi connectivity index (χ1n) is 20.0. The molecule has 1 aliphatic heterocycles. The maximum Gasteiger partial charge on any atom is 0.338 e. The molecule has 15 atom stereocenters. The van der Waals surface area contributed by atoms with Gasteiger partial charge in [0, 0.05) is 10.8 Å². The fourth-order valence-electron chi connectivity index (χ4n) is 13.2. The van der Waals surface area contributed by atoms with Crippen LogP contribution in [0.4, 0.5) is 0 Å². The van der Waals surface area contributed by atoms with E-state index in [2.05, 4.69) is 54.5 Å². The first kappa shape index (κ1) is 39.8. The SMILES string of the molecule is CC1(C)CC2C3=CCC4[C@@]5(C)CC[C@H](O[C@H]6O[C@H](C(=O)O)[C@@H](O)[C@H](O)[C@H]6O)C(C)(C)C5CC[C@@]4(C)[C@]3(C)C[C@H](O)[C@@]2(CO)C[C@@H]1OC(=O)c1ccccc1. The van der Waals surface area contributed by atoms with Crippen LogP contribution in [-0.2, 0) is 19.0 Å². The predicted molar refractivity (Wildman–Crippen MR) is 198 cm³/mol. The molecule has 0 spiro atoms. The topological polar surface area (TPSA) is 183 Å². The number of hydrogen-bond donors (Lipinski definition) is 6. The van der Waals surface area contributed by atoms with E-state index in [0.717, 1.165) is 25.7 Å². The minimum atomic E-state index is -1.78. The fourth-order valence-corrected chi connectivity index (χ4v) is 13.2. The molecule has 0 bridgehead atoms. The number of carboxylic acid groups (broad SMARTS) is 1. The number of aliphatic hydroxyl groups is 5. The Labute approximate surface area is 319 Å². The molecular formula is C43H62O11. The normalized spacial score (nSPS) is 47.9. The Morgan fingerprint density at radius 1 is 0.833 bits per heavy atom. The summed E-state index contributed by atoms with van der Waals surface area (Å²) in [4.78, 5) is 25.1. The van der Waals surface area contributed by atoms with E-state index >= 15 is 0 Å². The van der Waals surface area contributed by atoms with Gasteiger partial charge < -0.3 is 44.8 Å². The van der Waals surface area contributed by atoms with E-state index in [4.69, 9.17) is 14.2 Å². The van der Waals surface area contributed by atoms with Crippen LogP contribution in [0.5, 0.6) is 0 Å². The zero-order valence-electron chi connectivity index (χ0n) is 32.9. The first-order valence-corrected chi connectivity index (χ1v) is 20.0. The second-order valence-electron chi connectivity index (χ2n) is 19.8. The van der Waals surface area contributed by atoms with Gasteiger partial charge in [-0.15, -0.1) is 0 Å². The lowest BCUT2D eigenvalue weighted by atomic mass is 9.33. The number of aliphatic carboxylic acids is 1. The van der Waals surface area contributed by atoms with Gasteiger partial charge in [0.25, 0.3) is 0 Å². The van der Waals surface area contributed by atoms with Gasteiger partial charge in [0.2, 0.25) is 0 Å². The summed E-state index contributed by atoms with van der Waals surface area (Å²) in [5.41, 5.74) is -0.423. The van der Waals surface area contributed by atoms with Crippen molar-refractivity contribution in [3.8, 4) is 0 Å². The van der Waals surface area contributed by atoms with Gasteiger partial charge >= 0.3 is 11.9 Å². The fraction of sp³-hybridized carbons (Fsp3) is 0.767. The van der Waals surface area contributed by atoms with Gasteiger partial charge in [-0.1, -0.05) is 78.3 Å². The number of carboxylic acids is 1. The molecule has 1 aromatic carbocycles. The summed E-state index contributed by atoms with van der Waals surface area (Å²) >= 11 is 0. The Morgan fingerprint density at radius 3 is 2.17 bits per heavy atom. The number of ether oxygens (including phenoxy) is 3. The summed E-state index contributed by atoms with van der Waals surface area (Å²) in [5.74, 6) is -1.40. The molecule has 11 nitrogen and oxygen atoms in total. The van der Waals surface area contributed by atoms with E-state index in [1.165, 1.54) is 5.57 Å². The van der Waals surface area contributed by atoms with Crippen molar-refractivity contribution in [2.75, 3.05) is 6.61 Å². The van der Waals surface area contributed by atoms with Crippen molar-refractivity contribution in [1.82, 2.24) is 0 Å². The van der Waals surface area contributed by atoms with Crippen LogP contribution in [0.1, 0.15) is 110 Å². The minimum absolute atomic E-state index is 0.0766. The number of fused-ring (bicyclic) bond motifs is 7. The van der Waals surface area contributed by atoms with Crippen LogP contribution < -0.4 is 0 Å². The van der Waals surface area contributed by atoms with Gasteiger partial charge in [-0.25, -0.2) is 9.59 Å². The van der Waals surface area contributed by atoms with Gasteiger partial charge in [-0.05, 0) is 103 Å². The molecule has 300 valence electrons. The molecule has 0 amide bonds. The molecule has 11 heteroatoms. The summed E-state index contributed by atoms with van der Waals surface area (Å²) in [6, 6.07) is 8.97. The van der Waals surface area contributed by atoms with Crippen LogP contribution in [0, 0.1) is 50.2 Å². The summed E-state index contributed by atoms with van der Waals surface area (Å²) < 4.78 is 18.1. The van der Waals surface area contributed by atoms with Gasteiger partial charge in [-0.3, -0.25) is 0 Å². The van der Waals surface area contributed by atoms with Gasteiger partial charge in [0.1, 0.15) is 24.4 Å². The van der Waals surface area contributed by atoms with Crippen LogP contribution in [-0.4, -0.2) is 98.2 Å². The monoisotopic (exact) mass is 754 g/mol. The van der Waals surface area contributed by atoms with E-state index in [-0.39, 0.29) is 46.6 Å². The molecule has 3 unspecified atom stereocenters. The van der Waals surface area contributed by atoms with Crippen molar-refractivity contribution in [3.63, 3.8) is 0 Å². The maximum atomic E-state index is 13.3. The number of allylic oxidation sites excluding steroid dienone is 2. The second-order valence-corrected chi connectivity index (χ2v) is 19.8. The lowest BCUT2D eigenvalue weighted by Gasteiger charge is -2.72. The summed E-state index contributed by atoms with van der Waals surface area (Å²) in [7, 11) is 0. The van der Waals surface area contributed by atoms with Gasteiger partial charge in [0.15, 0.2) is 12.4 Å². The van der Waals surface area contributed by atoms with Crippen molar-refractivity contribution in [2.45, 2.75) is 149 Å². The second kappa shape index (κ2) is 13.4. The zero-order valence-corrected chi connectivity index (χ0v) is 32.9. The van der Waals surface area contributed by atoms with Crippen LogP contribution in [0.25, 0.3) is 0 Å². The molecule has 4 saturated carbocycles. The van der Waals surface area contributed by atoms with Crippen molar-refractivity contribution in [3.05, 3.63) is 47.5 Å². The van der Waals surface area contributed by atoms with E-state index in [9.17, 15) is 40.2 Å². The van der Waals surface area contributed by atoms with E-state index in [1.807, 2.05) is 18.2 Å². The highest BCUT2D eigenvalue weighted by Crippen LogP contribution is 2.76. The van der Waals surface area contributed by atoms with Gasteiger partial charge in [-0.2, -0.15) is 0 Å². The predicted octanol–water partition coefficient (Wildman–Crippen LogP) is 4.86. The van der Waals surface area contributed by atoms with Crippen LogP contribution >= 0.6 is 0 Å². The smallest absolute Gasteiger partial charge is 0.338 e. The van der Waals surface area contributed by atoms with E-state index in [1.54, 1.807) is 12.1 Å². The van der Waals surface area contributed by atoms with E-state index in [0.29, 0.717) is 31.2 Å². The Balaban J connectivity index is 1.16. The average Bonchev–Trinajstić information content (AvgIpc) is 3.10. The lowest BCUT2D eigenvalue weighted by Crippen LogP contribution is -2.68. The highest BCUT2D eigenvalue weighted by atomic mass is 16.7. The Hall–Kier alpha value is -2.38. The summed E-state index contributed by atoms with van der Waals surface area (Å²) in [5, 5.41) is 64.6. The molecule has 1 aromatic rings. The first-order chi connectivity index (χ1) is 25.2. The quantitative estimate of drug-likeness (QED) is 0.133. The minimum Gasteiger partial charge on any atom is -0.479 e. The third-order valence-corrected chi connectivity index (χ3v) is 16.6. The number of rotatable bonds is 6. The molecule has 5 fully saturated rings. The third-order valence-electron chi connectivity index (χ3n) is 16.6. The molecule has 6 aliphatic rings. The van der Waals surface area contributed by atoms with E-state index < -0.39 is 71.2 Å². The molecule has 0 aromatic heterocycles. The number of carbonyl (C=O) groups is 2. The Morgan fingerprint density at radius 2 is 1.52 bits per heavy atom. The average molecular weight is 755 g/mol. The third kappa shape index (κ3) is 5.69. The van der Waals surface area contributed by atoms with Crippen molar-refractivity contribution in [2.24, 2.45) is 50.2 Å². The molecule has 54 heavy (non-hydrogen) atoms. The Kier molecular flexibility index (Phi) is 9.85. The largest absolute Gasteiger partial charge is 0.479 e. The molecule has 1 heterocycles. The number of esters is 1. The summed E-state index contributed by atoms with van der Waals surface area (Å²) in [6.07, 6.45) is -1.72. The van der Waals surface area contributed by atoms with Crippen LogP contribution in [0.3, 0.4) is 0 Å². The molecule has 6 N–H and O–H groups in total. The lowest BCUT2D eigenvalue weighted by molar-refractivity contribution is -0.324. The van der Waals surface area contributed by atoms with Crippen LogP contribution in [0.15, 0.2) is 42.0 Å². The molecule has 0 radical (unpaired) electrons. The summed E-state index contributed by atoms with van der Waals surface area (Å²) in [6.45, 7) is 15.6. The standard InChI is InChI=1S/C43H62O11/c1-38(2)19-25-24-13-14-27-40(5)17-16-29(53-37-33(48)31(46)32(47)34(54-37)35(49)50)39(3,4)26(40)15-18-41(27,6)42(24,7)20-28(45)43(25,22-44)21-30(38)52-36(51)23-11-9-8-10-12-23/h8-13,25-34,37,44-48H,14-22H2,1-7H3,(H,49,50)/t25?,26?,27?,28-,29-,30-,31-,32-,33+,34-,37-,40-,41+,42+,43+/m0/s1. The number of aliphatic hydroxyl groups excluding tert-OH is 5. The Bertz CT molecular complexity index is 1640. The molecular weight excluding hydrogens is 692 g/mol. The number of hydrogen-bond acceptors (Lipinski definition) is 10. The molecule has 7 rings (SSSR count). The maximum absolute atomic E-state index is 13.3. The van der Waals surface area contributed by atoms with Gasteiger partial charge in [0.05, 0.1) is 24.4 Å². The van der Waals surface area contributed by atoms with Crippen molar-refractivity contribution >= 4 is 11.9 Å². The number of benzene rings is 1. The number of carbonyl (C=O) groups excluding carboxylic acids is 1. The highest BCUT2D eigenvalue weighted by Gasteiger charge is 2.71.